The second-order valence-electron chi connectivity index (χ2n) is 6.66. The van der Waals surface area contributed by atoms with Crippen LogP contribution < -0.4 is 4.74 Å². The van der Waals surface area contributed by atoms with E-state index < -0.39 is 14.5 Å². The number of para-hydroxylation sites is 1. The second kappa shape index (κ2) is 7.26. The molecule has 0 fully saturated rings. The minimum Gasteiger partial charge on any atom is -0.487 e. The lowest BCUT2D eigenvalue weighted by atomic mass is 10.2. The maximum Gasteiger partial charge on any atom is 0.339 e. The van der Waals surface area contributed by atoms with Gasteiger partial charge in [0.25, 0.3) is 0 Å². The summed E-state index contributed by atoms with van der Waals surface area (Å²) in [4.78, 5) is 11.2. The van der Waals surface area contributed by atoms with Gasteiger partial charge in [-0.15, -0.1) is 0 Å². The monoisotopic (exact) mass is 326 g/mol. The first-order valence-corrected chi connectivity index (χ1v) is 10.1. The Morgan fingerprint density at radius 2 is 1.86 bits per heavy atom. The molecule has 22 heavy (non-hydrogen) atoms. The number of benzene rings is 1. The zero-order valence-electron chi connectivity index (χ0n) is 14.2. The molecule has 0 spiro atoms. The van der Waals surface area contributed by atoms with Crippen LogP contribution >= 0.6 is 0 Å². The standard InChI is InChI=1S/C16H26O5Si/c1-12(11-19-22(5,6)21-16(2,3)4)20-14-10-8-7-9-13(14)15(17)18/h7-10,12H,11H2,1-6H3,(H,17,18). The van der Waals surface area contributed by atoms with E-state index in [9.17, 15) is 4.79 Å². The predicted octanol–water partition coefficient (Wildman–Crippen LogP) is 3.69. The van der Waals surface area contributed by atoms with Crippen LogP contribution in [0.5, 0.6) is 5.75 Å². The molecule has 0 heterocycles. The second-order valence-corrected chi connectivity index (χ2v) is 9.95. The lowest BCUT2D eigenvalue weighted by molar-refractivity contribution is 0.0486. The van der Waals surface area contributed by atoms with Crippen molar-refractivity contribution in [2.75, 3.05) is 6.61 Å². The molecule has 0 aliphatic heterocycles. The van der Waals surface area contributed by atoms with Gasteiger partial charge in [0.05, 0.1) is 12.2 Å². The molecule has 1 atom stereocenters. The highest BCUT2D eigenvalue weighted by Crippen LogP contribution is 2.21. The van der Waals surface area contributed by atoms with Gasteiger partial charge >= 0.3 is 14.5 Å². The van der Waals surface area contributed by atoms with Crippen LogP contribution in [-0.2, 0) is 8.85 Å². The summed E-state index contributed by atoms with van der Waals surface area (Å²) in [7, 11) is -2.25. The van der Waals surface area contributed by atoms with E-state index in [0.29, 0.717) is 12.4 Å². The summed E-state index contributed by atoms with van der Waals surface area (Å²) in [5, 5.41) is 9.14. The van der Waals surface area contributed by atoms with Crippen molar-refractivity contribution in [1.82, 2.24) is 0 Å². The van der Waals surface area contributed by atoms with Gasteiger partial charge in [-0.05, 0) is 52.9 Å². The fraction of sp³-hybridized carbons (Fsp3) is 0.562. The maximum atomic E-state index is 11.2. The highest BCUT2D eigenvalue weighted by molar-refractivity contribution is 6.64. The molecule has 1 rings (SSSR count). The first kappa shape index (κ1) is 18.7. The maximum absolute atomic E-state index is 11.2. The number of carboxylic acid groups (broad SMARTS) is 1. The van der Waals surface area contributed by atoms with Crippen molar-refractivity contribution >= 4 is 14.5 Å². The Morgan fingerprint density at radius 1 is 1.27 bits per heavy atom. The van der Waals surface area contributed by atoms with E-state index in [1.807, 2.05) is 40.8 Å². The zero-order chi connectivity index (χ0) is 17.0. The Labute approximate surface area is 133 Å². The Kier molecular flexibility index (Phi) is 6.16. The third kappa shape index (κ3) is 6.59. The molecule has 5 nitrogen and oxygen atoms in total. The average molecular weight is 326 g/mol. The molecule has 0 bridgehead atoms. The number of ether oxygens (including phenoxy) is 1. The summed E-state index contributed by atoms with van der Waals surface area (Å²) in [5.74, 6) is -0.656. The van der Waals surface area contributed by atoms with Crippen LogP contribution in [0.4, 0.5) is 0 Å². The highest BCUT2D eigenvalue weighted by Gasteiger charge is 2.31. The SMILES string of the molecule is CC(CO[Si](C)(C)OC(C)(C)C)Oc1ccccc1C(=O)O. The van der Waals surface area contributed by atoms with E-state index in [1.54, 1.807) is 18.2 Å². The number of rotatable bonds is 7. The molecule has 0 amide bonds. The largest absolute Gasteiger partial charge is 0.487 e. The van der Waals surface area contributed by atoms with Gasteiger partial charge in [0.2, 0.25) is 0 Å². The molecule has 6 heteroatoms. The van der Waals surface area contributed by atoms with Crippen molar-refractivity contribution in [1.29, 1.82) is 0 Å². The molecule has 0 saturated carbocycles. The number of hydrogen-bond donors (Lipinski definition) is 1. The Morgan fingerprint density at radius 3 is 2.41 bits per heavy atom. The van der Waals surface area contributed by atoms with Gasteiger partial charge < -0.3 is 18.7 Å². The van der Waals surface area contributed by atoms with Gasteiger partial charge in [-0.1, -0.05) is 12.1 Å². The molecule has 0 aliphatic carbocycles. The van der Waals surface area contributed by atoms with E-state index >= 15 is 0 Å². The van der Waals surface area contributed by atoms with Gasteiger partial charge in [0.15, 0.2) is 0 Å². The van der Waals surface area contributed by atoms with Gasteiger partial charge in [-0.3, -0.25) is 0 Å². The lowest BCUT2D eigenvalue weighted by Gasteiger charge is -2.32. The Bertz CT molecular complexity index is 508. The molecule has 1 unspecified atom stereocenters. The fourth-order valence-electron chi connectivity index (χ4n) is 2.08. The first-order valence-electron chi connectivity index (χ1n) is 7.33. The van der Waals surface area contributed by atoms with Gasteiger partial charge in [0, 0.05) is 0 Å². The van der Waals surface area contributed by atoms with E-state index in [1.165, 1.54) is 6.07 Å². The third-order valence-corrected chi connectivity index (χ3v) is 4.63. The van der Waals surface area contributed by atoms with Crippen LogP contribution in [0.25, 0.3) is 0 Å². The number of carbonyl (C=O) groups is 1. The smallest absolute Gasteiger partial charge is 0.339 e. The summed E-state index contributed by atoms with van der Waals surface area (Å²) in [6, 6.07) is 6.59. The predicted molar refractivity (Wildman–Crippen MR) is 87.8 cm³/mol. The molecule has 0 radical (unpaired) electrons. The summed E-state index contributed by atoms with van der Waals surface area (Å²) in [6.07, 6.45) is -0.268. The molecule has 1 N–H and O–H groups in total. The molecule has 0 saturated heterocycles. The van der Waals surface area contributed by atoms with Crippen LogP contribution in [0.15, 0.2) is 24.3 Å². The first-order chi connectivity index (χ1) is 10.0. The van der Waals surface area contributed by atoms with Crippen molar-refractivity contribution in [3.8, 4) is 5.75 Å². The topological polar surface area (TPSA) is 65.0 Å². The highest BCUT2D eigenvalue weighted by atomic mass is 28.4. The van der Waals surface area contributed by atoms with Crippen molar-refractivity contribution < 1.29 is 23.5 Å². The van der Waals surface area contributed by atoms with E-state index in [0.717, 1.165) is 0 Å². The average Bonchev–Trinajstić information content (AvgIpc) is 2.34. The minimum atomic E-state index is -2.25. The summed E-state index contributed by atoms with van der Waals surface area (Å²) in [5.41, 5.74) is -0.104. The quantitative estimate of drug-likeness (QED) is 0.774. The van der Waals surface area contributed by atoms with Crippen LogP contribution in [0.3, 0.4) is 0 Å². The molecular weight excluding hydrogens is 300 g/mol. The molecule has 1 aromatic carbocycles. The van der Waals surface area contributed by atoms with E-state index in [-0.39, 0.29) is 17.3 Å². The normalized spacial score (nSPS) is 13.7. The van der Waals surface area contributed by atoms with Gasteiger partial charge in [-0.25, -0.2) is 4.79 Å². The van der Waals surface area contributed by atoms with Crippen molar-refractivity contribution in [3.63, 3.8) is 0 Å². The van der Waals surface area contributed by atoms with Crippen molar-refractivity contribution in [2.24, 2.45) is 0 Å². The summed E-state index contributed by atoms with van der Waals surface area (Å²) < 4.78 is 17.5. The zero-order valence-corrected chi connectivity index (χ0v) is 15.2. The molecular formula is C16H26O5Si. The van der Waals surface area contributed by atoms with Crippen LogP contribution in [0.2, 0.25) is 13.1 Å². The van der Waals surface area contributed by atoms with Crippen LogP contribution in [0.1, 0.15) is 38.1 Å². The Balaban J connectivity index is 2.61. The molecule has 0 aromatic heterocycles. The lowest BCUT2D eigenvalue weighted by Crippen LogP contribution is -2.44. The fourth-order valence-corrected chi connectivity index (χ4v) is 4.25. The third-order valence-electron chi connectivity index (χ3n) is 2.66. The number of hydrogen-bond acceptors (Lipinski definition) is 4. The molecule has 1 aromatic rings. The minimum absolute atomic E-state index is 0.150. The number of carboxylic acids is 1. The molecule has 0 aliphatic rings. The van der Waals surface area contributed by atoms with Gasteiger partial charge in [-0.2, -0.15) is 0 Å². The summed E-state index contributed by atoms with van der Waals surface area (Å²) >= 11 is 0. The summed E-state index contributed by atoms with van der Waals surface area (Å²) in [6.45, 7) is 12.1. The van der Waals surface area contributed by atoms with E-state index in [2.05, 4.69) is 0 Å². The van der Waals surface area contributed by atoms with Crippen molar-refractivity contribution in [3.05, 3.63) is 29.8 Å². The Hall–Kier alpha value is -1.37. The van der Waals surface area contributed by atoms with Gasteiger partial charge in [0.1, 0.15) is 17.4 Å². The van der Waals surface area contributed by atoms with Crippen LogP contribution in [0, 0.1) is 0 Å². The van der Waals surface area contributed by atoms with E-state index in [4.69, 9.17) is 18.7 Å². The van der Waals surface area contributed by atoms with Crippen LogP contribution in [-0.4, -0.2) is 37.9 Å². The van der Waals surface area contributed by atoms with Crippen molar-refractivity contribution in [2.45, 2.75) is 52.5 Å². The molecule has 124 valence electrons. The number of aromatic carboxylic acids is 1.